The average Bonchev–Trinajstić information content (AvgIpc) is 2.87. The van der Waals surface area contributed by atoms with Crippen molar-refractivity contribution >= 4 is 35.0 Å². The number of rotatable bonds is 11. The van der Waals surface area contributed by atoms with Gasteiger partial charge in [-0.05, 0) is 48.7 Å². The second kappa shape index (κ2) is 13.3. The van der Waals surface area contributed by atoms with Crippen LogP contribution in [0.4, 0.5) is 4.39 Å². The number of benzene rings is 3. The molecule has 8 heteroatoms. The van der Waals surface area contributed by atoms with E-state index >= 15 is 0 Å². The monoisotopic (exact) mass is 530 g/mol. The summed E-state index contributed by atoms with van der Waals surface area (Å²) in [6.07, 6.45) is 1.01. The van der Waals surface area contributed by atoms with E-state index in [9.17, 15) is 14.0 Å². The van der Waals surface area contributed by atoms with Gasteiger partial charge in [0.15, 0.2) is 18.2 Å². The molecule has 0 heterocycles. The smallest absolute Gasteiger partial charge is 0.261 e. The zero-order valence-electron chi connectivity index (χ0n) is 20.2. The molecule has 0 spiro atoms. The Morgan fingerprint density at radius 3 is 2.39 bits per heavy atom. The third-order valence-corrected chi connectivity index (χ3v) is 6.40. The van der Waals surface area contributed by atoms with Gasteiger partial charge in [-0.25, -0.2) is 4.39 Å². The molecule has 2 atom stereocenters. The molecule has 0 radical (unpaired) electrons. The maximum atomic E-state index is 14.1. The first-order valence-corrected chi connectivity index (χ1v) is 12.5. The van der Waals surface area contributed by atoms with Crippen LogP contribution in [0.1, 0.15) is 31.4 Å². The Labute approximate surface area is 221 Å². The van der Waals surface area contributed by atoms with Crippen LogP contribution in [-0.2, 0) is 22.6 Å². The van der Waals surface area contributed by atoms with Crippen LogP contribution in [-0.4, -0.2) is 35.4 Å². The molecule has 0 bridgehead atoms. The second-order valence-corrected chi connectivity index (χ2v) is 9.34. The number of para-hydroxylation sites is 1. The Kier molecular flexibility index (Phi) is 10.1. The molecule has 0 unspecified atom stereocenters. The van der Waals surface area contributed by atoms with E-state index in [1.54, 1.807) is 24.3 Å². The molecule has 3 aromatic rings. The van der Waals surface area contributed by atoms with Gasteiger partial charge in [-0.3, -0.25) is 9.59 Å². The van der Waals surface area contributed by atoms with Crippen LogP contribution < -0.4 is 10.1 Å². The van der Waals surface area contributed by atoms with Gasteiger partial charge in [-0.2, -0.15) is 0 Å². The van der Waals surface area contributed by atoms with Gasteiger partial charge < -0.3 is 15.0 Å². The predicted octanol–water partition coefficient (Wildman–Crippen LogP) is 6.07. The number of nitrogens with one attached hydrogen (secondary N) is 1. The minimum absolute atomic E-state index is 0.0426. The van der Waals surface area contributed by atoms with E-state index < -0.39 is 24.4 Å². The van der Waals surface area contributed by atoms with Crippen molar-refractivity contribution in [2.75, 3.05) is 6.61 Å². The van der Waals surface area contributed by atoms with Crippen molar-refractivity contribution in [3.8, 4) is 5.75 Å². The molecule has 0 saturated carbocycles. The molecule has 0 saturated heterocycles. The van der Waals surface area contributed by atoms with E-state index in [0.717, 1.165) is 12.0 Å². The Bertz CT molecular complexity index is 1180. The van der Waals surface area contributed by atoms with Gasteiger partial charge in [0, 0.05) is 29.1 Å². The van der Waals surface area contributed by atoms with E-state index in [2.05, 4.69) is 5.32 Å². The fraction of sp³-hybridized carbons (Fsp3) is 0.286. The number of hydrogen-bond donors (Lipinski definition) is 1. The number of carbonyl (C=O) groups excluding carboxylic acids is 2. The Morgan fingerprint density at radius 1 is 1.03 bits per heavy atom. The first kappa shape index (κ1) is 27.5. The molecular formula is C28H29Cl2FN2O3. The van der Waals surface area contributed by atoms with Gasteiger partial charge in [-0.1, -0.05) is 78.7 Å². The van der Waals surface area contributed by atoms with Crippen LogP contribution in [0.15, 0.2) is 72.8 Å². The molecule has 5 nitrogen and oxygen atoms in total. The first-order valence-electron chi connectivity index (χ1n) is 11.7. The Hall–Kier alpha value is -3.09. The largest absolute Gasteiger partial charge is 0.481 e. The lowest BCUT2D eigenvalue weighted by atomic mass is 10.0. The summed E-state index contributed by atoms with van der Waals surface area (Å²) in [5, 5.41) is 3.82. The van der Waals surface area contributed by atoms with E-state index in [1.807, 2.05) is 44.2 Å². The number of halogens is 3. The van der Waals surface area contributed by atoms with Crippen molar-refractivity contribution in [1.29, 1.82) is 0 Å². The summed E-state index contributed by atoms with van der Waals surface area (Å²) in [6, 6.07) is 19.3. The minimum atomic E-state index is -0.857. The maximum Gasteiger partial charge on any atom is 0.261 e. The molecule has 0 aliphatic rings. The summed E-state index contributed by atoms with van der Waals surface area (Å²) in [6.45, 7) is 3.46. The molecule has 0 fully saturated rings. The van der Waals surface area contributed by atoms with Gasteiger partial charge in [0.2, 0.25) is 5.91 Å². The van der Waals surface area contributed by atoms with Crippen LogP contribution in [0.25, 0.3) is 0 Å². The molecule has 2 amide bonds. The van der Waals surface area contributed by atoms with Crippen molar-refractivity contribution in [3.05, 3.63) is 99.8 Å². The molecule has 0 aliphatic heterocycles. The van der Waals surface area contributed by atoms with E-state index in [1.165, 1.54) is 23.1 Å². The zero-order valence-corrected chi connectivity index (χ0v) is 21.7. The summed E-state index contributed by atoms with van der Waals surface area (Å²) >= 11 is 12.5. The molecule has 0 aromatic heterocycles. The van der Waals surface area contributed by atoms with Gasteiger partial charge >= 0.3 is 0 Å². The number of amides is 2. The number of hydrogen-bond acceptors (Lipinski definition) is 3. The zero-order chi connectivity index (χ0) is 26.1. The first-order chi connectivity index (χ1) is 17.3. The SMILES string of the molecule is CC[C@H](C)NC(=O)[C@@H](Cc1ccccc1)N(Cc1ccc(Cl)cc1Cl)C(=O)COc1ccccc1F. The lowest BCUT2D eigenvalue weighted by Crippen LogP contribution is -2.53. The minimum Gasteiger partial charge on any atom is -0.481 e. The number of nitrogens with zero attached hydrogens (tertiary/aromatic N) is 1. The highest BCUT2D eigenvalue weighted by Gasteiger charge is 2.31. The van der Waals surface area contributed by atoms with Crippen LogP contribution in [0.2, 0.25) is 10.0 Å². The summed E-state index contributed by atoms with van der Waals surface area (Å²) in [5.74, 6) is -1.39. The second-order valence-electron chi connectivity index (χ2n) is 8.50. The van der Waals surface area contributed by atoms with Gasteiger partial charge in [0.25, 0.3) is 5.91 Å². The van der Waals surface area contributed by atoms with Crippen molar-refractivity contribution in [2.45, 2.75) is 45.3 Å². The third kappa shape index (κ3) is 7.70. The Balaban J connectivity index is 1.95. The molecule has 190 valence electrons. The van der Waals surface area contributed by atoms with Crippen molar-refractivity contribution in [3.63, 3.8) is 0 Å². The lowest BCUT2D eigenvalue weighted by molar-refractivity contribution is -0.143. The fourth-order valence-corrected chi connectivity index (χ4v) is 4.08. The molecule has 3 rings (SSSR count). The molecule has 36 heavy (non-hydrogen) atoms. The van der Waals surface area contributed by atoms with Gasteiger partial charge in [0.05, 0.1) is 0 Å². The highest BCUT2D eigenvalue weighted by molar-refractivity contribution is 6.35. The summed E-state index contributed by atoms with van der Waals surface area (Å²) < 4.78 is 19.6. The average molecular weight is 531 g/mol. The summed E-state index contributed by atoms with van der Waals surface area (Å²) in [5.41, 5.74) is 1.51. The predicted molar refractivity (Wildman–Crippen MR) is 141 cm³/mol. The van der Waals surface area contributed by atoms with E-state index in [-0.39, 0.29) is 30.7 Å². The fourth-order valence-electron chi connectivity index (χ4n) is 3.61. The lowest BCUT2D eigenvalue weighted by Gasteiger charge is -2.32. The van der Waals surface area contributed by atoms with Crippen LogP contribution in [0.5, 0.6) is 5.75 Å². The highest BCUT2D eigenvalue weighted by atomic mass is 35.5. The molecule has 1 N–H and O–H groups in total. The summed E-state index contributed by atoms with van der Waals surface area (Å²) in [4.78, 5) is 28.4. The van der Waals surface area contributed by atoms with Gasteiger partial charge in [-0.15, -0.1) is 0 Å². The van der Waals surface area contributed by atoms with Crippen LogP contribution >= 0.6 is 23.2 Å². The maximum absolute atomic E-state index is 14.1. The third-order valence-electron chi connectivity index (χ3n) is 5.82. The van der Waals surface area contributed by atoms with Crippen molar-refractivity contribution in [2.24, 2.45) is 0 Å². The van der Waals surface area contributed by atoms with Crippen LogP contribution in [0.3, 0.4) is 0 Å². The normalized spacial score (nSPS) is 12.5. The molecule has 3 aromatic carbocycles. The Morgan fingerprint density at radius 2 is 1.72 bits per heavy atom. The molecular weight excluding hydrogens is 502 g/mol. The standard InChI is InChI=1S/C28H29Cl2FN2O3/c1-3-19(2)32-28(35)25(15-20-9-5-4-6-10-20)33(17-21-13-14-22(29)16-23(21)30)27(34)18-36-26-12-8-7-11-24(26)31/h4-14,16,19,25H,3,15,17-18H2,1-2H3,(H,32,35)/t19-,25+/m0/s1. The highest BCUT2D eigenvalue weighted by Crippen LogP contribution is 2.24. The van der Waals surface area contributed by atoms with Crippen molar-refractivity contribution in [1.82, 2.24) is 10.2 Å². The molecule has 0 aliphatic carbocycles. The number of carbonyl (C=O) groups is 2. The summed E-state index contributed by atoms with van der Waals surface area (Å²) in [7, 11) is 0. The quantitative estimate of drug-likeness (QED) is 0.327. The van der Waals surface area contributed by atoms with Crippen molar-refractivity contribution < 1.29 is 18.7 Å². The van der Waals surface area contributed by atoms with Gasteiger partial charge in [0.1, 0.15) is 6.04 Å². The van der Waals surface area contributed by atoms with E-state index in [4.69, 9.17) is 27.9 Å². The number of ether oxygens (including phenoxy) is 1. The van der Waals surface area contributed by atoms with Crippen LogP contribution in [0, 0.1) is 5.82 Å². The van der Waals surface area contributed by atoms with E-state index in [0.29, 0.717) is 15.6 Å². The topological polar surface area (TPSA) is 58.6 Å².